The van der Waals surface area contributed by atoms with Crippen molar-refractivity contribution in [2.75, 3.05) is 5.32 Å². The first kappa shape index (κ1) is 14.6. The summed E-state index contributed by atoms with van der Waals surface area (Å²) in [5, 5.41) is 3.46. The Morgan fingerprint density at radius 1 is 1.06 bits per heavy atom. The van der Waals surface area contributed by atoms with Crippen molar-refractivity contribution >= 4 is 64.8 Å². The highest BCUT2D eigenvalue weighted by atomic mass is 79.9. The third-order valence-corrected chi connectivity index (χ3v) is 5.45. The van der Waals surface area contributed by atoms with Gasteiger partial charge < -0.3 is 5.32 Å². The molecule has 0 unspecified atom stereocenters. The maximum atomic E-state index is 3.57. The number of thiophene rings is 1. The van der Waals surface area contributed by atoms with E-state index in [1.807, 2.05) is 23.5 Å². The Hall–Kier alpha value is 0.160. The van der Waals surface area contributed by atoms with Crippen molar-refractivity contribution < 1.29 is 0 Å². The molecule has 0 aliphatic carbocycles. The van der Waals surface area contributed by atoms with E-state index in [1.54, 1.807) is 0 Å². The Morgan fingerprint density at radius 2 is 1.67 bits per heavy atom. The summed E-state index contributed by atoms with van der Waals surface area (Å²) in [7, 11) is 0. The fourth-order valence-corrected chi connectivity index (χ4v) is 5.03. The number of halogens is 3. The quantitative estimate of drug-likeness (QED) is 0.580. The lowest BCUT2D eigenvalue weighted by Crippen LogP contribution is -1.99. The molecule has 0 aliphatic heterocycles. The van der Waals surface area contributed by atoms with Gasteiger partial charge in [-0.25, -0.2) is 0 Å². The second kappa shape index (κ2) is 6.55. The summed E-state index contributed by atoms with van der Waals surface area (Å²) >= 11 is 12.5. The monoisotopic (exact) mass is 451 g/mol. The minimum atomic E-state index is 0.851. The van der Waals surface area contributed by atoms with Crippen molar-refractivity contribution in [3.8, 4) is 0 Å². The van der Waals surface area contributed by atoms with Crippen LogP contribution in [0.1, 0.15) is 16.7 Å². The summed E-state index contributed by atoms with van der Waals surface area (Å²) in [4.78, 5) is 2.79. The van der Waals surface area contributed by atoms with Crippen molar-refractivity contribution in [2.24, 2.45) is 0 Å². The van der Waals surface area contributed by atoms with Crippen LogP contribution in [-0.2, 0) is 13.0 Å². The fraction of sp³-hybridized carbons (Fsp3) is 0.231. The van der Waals surface area contributed by atoms with Crippen LogP contribution in [0.2, 0.25) is 0 Å². The maximum Gasteiger partial charge on any atom is 0.0632 e. The predicted molar refractivity (Wildman–Crippen MR) is 90.6 cm³/mol. The van der Waals surface area contributed by atoms with Crippen molar-refractivity contribution in [1.82, 2.24) is 0 Å². The van der Waals surface area contributed by atoms with Gasteiger partial charge in [0.1, 0.15) is 0 Å². The van der Waals surface area contributed by atoms with Gasteiger partial charge in [0.2, 0.25) is 0 Å². The first-order chi connectivity index (χ1) is 8.60. The second-order valence-electron chi connectivity index (χ2n) is 3.82. The minimum Gasteiger partial charge on any atom is -0.378 e. The Bertz CT molecular complexity index is 528. The molecule has 0 bridgehead atoms. The van der Waals surface area contributed by atoms with Crippen LogP contribution in [0.15, 0.2) is 37.7 Å². The molecule has 1 nitrogen and oxygen atoms in total. The smallest absolute Gasteiger partial charge is 0.0632 e. The predicted octanol–water partition coefficient (Wildman–Crippen LogP) is 6.21. The van der Waals surface area contributed by atoms with Crippen LogP contribution in [0.25, 0.3) is 0 Å². The number of hydrogen-bond acceptors (Lipinski definition) is 2. The van der Waals surface area contributed by atoms with Gasteiger partial charge in [0, 0.05) is 29.7 Å². The van der Waals surface area contributed by atoms with Crippen molar-refractivity contribution in [3.63, 3.8) is 0 Å². The van der Waals surface area contributed by atoms with Gasteiger partial charge in [0.15, 0.2) is 0 Å². The van der Waals surface area contributed by atoms with Crippen LogP contribution in [0.4, 0.5) is 5.69 Å². The zero-order valence-corrected chi connectivity index (χ0v) is 15.3. The van der Waals surface area contributed by atoms with E-state index >= 15 is 0 Å². The molecule has 0 amide bonds. The number of aryl methyl sites for hydroxylation is 1. The molecular weight excluding hydrogens is 442 g/mol. The highest BCUT2D eigenvalue weighted by Gasteiger charge is 2.07. The number of anilines is 1. The molecule has 0 aliphatic rings. The highest BCUT2D eigenvalue weighted by Crippen LogP contribution is 2.34. The van der Waals surface area contributed by atoms with Crippen LogP contribution in [-0.4, -0.2) is 0 Å². The Balaban J connectivity index is 2.10. The molecule has 0 saturated carbocycles. The summed E-state index contributed by atoms with van der Waals surface area (Å²) in [6.07, 6.45) is 1.11. The van der Waals surface area contributed by atoms with Crippen LogP contribution < -0.4 is 5.32 Å². The van der Waals surface area contributed by atoms with Gasteiger partial charge in [-0.3, -0.25) is 0 Å². The molecule has 0 saturated heterocycles. The summed E-state index contributed by atoms with van der Waals surface area (Å²) in [5.74, 6) is 0. The van der Waals surface area contributed by atoms with Gasteiger partial charge in [0.05, 0.1) is 5.69 Å². The molecule has 96 valence electrons. The zero-order chi connectivity index (χ0) is 13.1. The van der Waals surface area contributed by atoms with E-state index in [0.717, 1.165) is 32.1 Å². The van der Waals surface area contributed by atoms with Crippen molar-refractivity contribution in [3.05, 3.63) is 47.4 Å². The highest BCUT2D eigenvalue weighted by molar-refractivity contribution is 9.11. The maximum absolute atomic E-state index is 3.57. The van der Waals surface area contributed by atoms with E-state index in [-0.39, 0.29) is 0 Å². The minimum absolute atomic E-state index is 0.851. The van der Waals surface area contributed by atoms with E-state index < -0.39 is 0 Å². The van der Waals surface area contributed by atoms with E-state index in [9.17, 15) is 0 Å². The third-order valence-electron chi connectivity index (χ3n) is 2.51. The second-order valence-corrected chi connectivity index (χ2v) is 7.70. The summed E-state index contributed by atoms with van der Waals surface area (Å²) in [6.45, 7) is 3.04. The topological polar surface area (TPSA) is 12.0 Å². The summed E-state index contributed by atoms with van der Waals surface area (Å²) in [5.41, 5.74) is 1.09. The molecule has 0 spiro atoms. The number of hydrogen-bond donors (Lipinski definition) is 1. The average molecular weight is 454 g/mol. The fourth-order valence-electron chi connectivity index (χ4n) is 1.59. The van der Waals surface area contributed by atoms with Gasteiger partial charge in [-0.05, 0) is 62.5 Å². The summed E-state index contributed by atoms with van der Waals surface area (Å²) in [6, 6.07) is 8.47. The first-order valence-corrected chi connectivity index (χ1v) is 8.75. The number of rotatable bonds is 4. The molecule has 2 aromatic rings. The number of benzene rings is 1. The molecule has 0 atom stereocenters. The SMILES string of the molecule is CCc1ccc(CNc2c(Br)cc(Br)cc2Br)s1. The molecule has 1 N–H and O–H groups in total. The van der Waals surface area contributed by atoms with Crippen LogP contribution in [0, 0.1) is 0 Å². The Labute approximate surface area is 136 Å². The molecular formula is C13H12Br3NS. The molecule has 2 rings (SSSR count). The lowest BCUT2D eigenvalue weighted by Gasteiger charge is -2.10. The average Bonchev–Trinajstić information content (AvgIpc) is 2.75. The Morgan fingerprint density at radius 3 is 2.22 bits per heavy atom. The molecule has 1 aromatic heterocycles. The van der Waals surface area contributed by atoms with Gasteiger partial charge in [-0.1, -0.05) is 22.9 Å². The van der Waals surface area contributed by atoms with Crippen LogP contribution >= 0.6 is 59.1 Å². The molecule has 5 heteroatoms. The number of nitrogens with one attached hydrogen (secondary N) is 1. The van der Waals surface area contributed by atoms with Crippen LogP contribution in [0.5, 0.6) is 0 Å². The molecule has 1 heterocycles. The van der Waals surface area contributed by atoms with E-state index in [4.69, 9.17) is 0 Å². The third kappa shape index (κ3) is 3.59. The van der Waals surface area contributed by atoms with Gasteiger partial charge in [-0.15, -0.1) is 11.3 Å². The van der Waals surface area contributed by atoms with Gasteiger partial charge in [0.25, 0.3) is 0 Å². The van der Waals surface area contributed by atoms with Crippen molar-refractivity contribution in [2.45, 2.75) is 19.9 Å². The molecule has 0 fully saturated rings. The van der Waals surface area contributed by atoms with E-state index in [2.05, 4.69) is 72.2 Å². The van der Waals surface area contributed by atoms with Crippen molar-refractivity contribution in [1.29, 1.82) is 0 Å². The van der Waals surface area contributed by atoms with E-state index in [0.29, 0.717) is 0 Å². The van der Waals surface area contributed by atoms with E-state index in [1.165, 1.54) is 9.75 Å². The zero-order valence-electron chi connectivity index (χ0n) is 9.77. The largest absolute Gasteiger partial charge is 0.378 e. The summed E-state index contributed by atoms with van der Waals surface area (Å²) < 4.78 is 3.16. The lowest BCUT2D eigenvalue weighted by atomic mass is 10.3. The van der Waals surface area contributed by atoms with Gasteiger partial charge >= 0.3 is 0 Å². The van der Waals surface area contributed by atoms with Gasteiger partial charge in [-0.2, -0.15) is 0 Å². The van der Waals surface area contributed by atoms with Crippen LogP contribution in [0.3, 0.4) is 0 Å². The molecule has 18 heavy (non-hydrogen) atoms. The molecule has 0 radical (unpaired) electrons. The molecule has 1 aromatic carbocycles. The Kier molecular flexibility index (Phi) is 5.30. The lowest BCUT2D eigenvalue weighted by molar-refractivity contribution is 1.18. The standard InChI is InChI=1S/C13H12Br3NS/c1-2-9-3-4-10(18-9)7-17-13-11(15)5-8(14)6-12(13)16/h3-6,17H,2,7H2,1H3. The first-order valence-electron chi connectivity index (χ1n) is 5.56. The normalized spacial score (nSPS) is 10.7.